The first-order chi connectivity index (χ1) is 11.0. The van der Waals surface area contributed by atoms with Gasteiger partial charge in [-0.2, -0.15) is 0 Å². The molecule has 12 heteroatoms. The largest absolute Gasteiger partial charge is 0.437 e. The first kappa shape index (κ1) is 15.8. The minimum absolute atomic E-state index is 0.0557. The summed E-state index contributed by atoms with van der Waals surface area (Å²) in [5.74, 6) is -0.809. The van der Waals surface area contributed by atoms with Gasteiger partial charge in [-0.05, 0) is 12.8 Å². The molecule has 11 nitrogen and oxygen atoms in total. The Morgan fingerprint density at radius 1 is 1.52 bits per heavy atom. The van der Waals surface area contributed by atoms with Crippen LogP contribution in [-0.2, 0) is 13.8 Å². The third kappa shape index (κ3) is 3.48. The maximum absolute atomic E-state index is 12.0. The summed E-state index contributed by atoms with van der Waals surface area (Å²) in [7, 11) is -3.97. The van der Waals surface area contributed by atoms with Crippen LogP contribution in [-0.4, -0.2) is 47.6 Å². The molecule has 1 unspecified atom stereocenters. The molecule has 1 aliphatic rings. The Kier molecular flexibility index (Phi) is 4.26. The number of hydrogen-bond acceptors (Lipinski definition) is 7. The number of aromatic nitrogens is 5. The van der Waals surface area contributed by atoms with Gasteiger partial charge >= 0.3 is 7.75 Å². The fourth-order valence-electron chi connectivity index (χ4n) is 2.18. The highest BCUT2D eigenvalue weighted by Crippen LogP contribution is 2.44. The van der Waals surface area contributed by atoms with Crippen LogP contribution >= 0.6 is 7.75 Å². The third-order valence-corrected chi connectivity index (χ3v) is 4.63. The van der Waals surface area contributed by atoms with Crippen LogP contribution in [0.5, 0.6) is 0 Å². The predicted molar refractivity (Wildman–Crippen MR) is 75.1 cm³/mol. The molecule has 0 aromatic carbocycles. The summed E-state index contributed by atoms with van der Waals surface area (Å²) in [5, 5.41) is 3.92. The molecule has 0 spiro atoms. The molecule has 124 valence electrons. The Labute approximate surface area is 130 Å². The normalized spacial score (nSPS) is 23.7. The van der Waals surface area contributed by atoms with Gasteiger partial charge in [0.05, 0.1) is 12.7 Å². The zero-order valence-electron chi connectivity index (χ0n) is 11.9. The first-order valence-corrected chi connectivity index (χ1v) is 8.31. The number of carbonyl (C=O) groups is 1. The third-order valence-electron chi connectivity index (χ3n) is 3.32. The molecule has 23 heavy (non-hydrogen) atoms. The molecule has 1 fully saturated rings. The highest BCUT2D eigenvalue weighted by molar-refractivity contribution is 7.51. The van der Waals surface area contributed by atoms with E-state index >= 15 is 0 Å². The molecule has 3 atom stereocenters. The van der Waals surface area contributed by atoms with Gasteiger partial charge < -0.3 is 15.4 Å². The summed E-state index contributed by atoms with van der Waals surface area (Å²) in [4.78, 5) is 28.3. The second kappa shape index (κ2) is 6.20. The summed E-state index contributed by atoms with van der Waals surface area (Å²) in [6.45, 7) is -0.0557. The van der Waals surface area contributed by atoms with Crippen molar-refractivity contribution in [2.45, 2.75) is 25.2 Å². The van der Waals surface area contributed by atoms with Gasteiger partial charge in [-0.1, -0.05) is 0 Å². The Balaban J connectivity index is 1.55. The molecule has 0 radical (unpaired) electrons. The van der Waals surface area contributed by atoms with E-state index in [1.165, 1.54) is 29.7 Å². The van der Waals surface area contributed by atoms with E-state index in [1.807, 2.05) is 0 Å². The van der Waals surface area contributed by atoms with Gasteiger partial charge in [-0.25, -0.2) is 23.6 Å². The standard InChI is InChI=1S/C11H15N6O5P/c12-10(18)11-14-7-17(15-11)9-2-1-8(22-9)5-21-23(19,20)16-4-3-13-6-16/h3-4,6-9H,1-2,5H2,(H2,12,18)(H,19,20)/t8-,9+/m0/s1. The molecule has 3 N–H and O–H groups in total. The lowest BCUT2D eigenvalue weighted by molar-refractivity contribution is -0.0257. The first-order valence-electron chi connectivity index (χ1n) is 6.78. The Morgan fingerprint density at radius 2 is 2.35 bits per heavy atom. The van der Waals surface area contributed by atoms with Gasteiger partial charge in [-0.15, -0.1) is 5.10 Å². The minimum Gasteiger partial charge on any atom is -0.363 e. The van der Waals surface area contributed by atoms with Crippen LogP contribution in [0.25, 0.3) is 0 Å². The van der Waals surface area contributed by atoms with E-state index in [-0.39, 0.29) is 18.5 Å². The van der Waals surface area contributed by atoms with Crippen molar-refractivity contribution in [2.24, 2.45) is 5.73 Å². The number of hydrogen-bond donors (Lipinski definition) is 2. The van der Waals surface area contributed by atoms with Crippen molar-refractivity contribution >= 4 is 13.7 Å². The van der Waals surface area contributed by atoms with Gasteiger partial charge in [0, 0.05) is 12.4 Å². The zero-order valence-corrected chi connectivity index (χ0v) is 12.8. The molecule has 0 aliphatic carbocycles. The summed E-state index contributed by atoms with van der Waals surface area (Å²) < 4.78 is 25.1. The number of rotatable bonds is 6. The maximum Gasteiger partial charge on any atom is 0.437 e. The number of imidazole rings is 1. The lowest BCUT2D eigenvalue weighted by Gasteiger charge is -2.16. The lowest BCUT2D eigenvalue weighted by atomic mass is 10.2. The number of ether oxygens (including phenoxy) is 1. The molecule has 2 aromatic rings. The Hall–Kier alpha value is -2.07. The Bertz CT molecular complexity index is 731. The van der Waals surface area contributed by atoms with E-state index in [2.05, 4.69) is 15.1 Å². The summed E-state index contributed by atoms with van der Waals surface area (Å²) in [5.41, 5.74) is 5.09. The van der Waals surface area contributed by atoms with Crippen molar-refractivity contribution in [1.82, 2.24) is 24.1 Å². The monoisotopic (exact) mass is 342 g/mol. The van der Waals surface area contributed by atoms with Crippen LogP contribution in [0.4, 0.5) is 0 Å². The van der Waals surface area contributed by atoms with Gasteiger partial charge in [0.15, 0.2) is 6.23 Å². The van der Waals surface area contributed by atoms with Crippen molar-refractivity contribution in [3.05, 3.63) is 30.9 Å². The summed E-state index contributed by atoms with van der Waals surface area (Å²) >= 11 is 0. The van der Waals surface area contributed by atoms with Crippen molar-refractivity contribution < 1.29 is 23.5 Å². The number of nitrogens with two attached hydrogens (primary N) is 1. The zero-order chi connectivity index (χ0) is 16.4. The van der Waals surface area contributed by atoms with Crippen molar-refractivity contribution in [3.8, 4) is 0 Å². The van der Waals surface area contributed by atoms with Crippen molar-refractivity contribution in [1.29, 1.82) is 0 Å². The van der Waals surface area contributed by atoms with Gasteiger partial charge in [0.25, 0.3) is 5.91 Å². The summed E-state index contributed by atoms with van der Waals surface area (Å²) in [6.07, 6.45) is 5.73. The second-order valence-electron chi connectivity index (χ2n) is 4.93. The fourth-order valence-corrected chi connectivity index (χ4v) is 3.09. The van der Waals surface area contributed by atoms with Crippen LogP contribution in [0, 0.1) is 0 Å². The highest BCUT2D eigenvalue weighted by Gasteiger charge is 2.31. The Morgan fingerprint density at radius 3 is 3.00 bits per heavy atom. The molecule has 2 aromatic heterocycles. The SMILES string of the molecule is NC(=O)c1ncn([C@H]2CC[C@@H](COP(=O)(O)n3ccnc3)O2)n1. The van der Waals surface area contributed by atoms with Crippen molar-refractivity contribution in [3.63, 3.8) is 0 Å². The molecule has 1 amide bonds. The number of carbonyl (C=O) groups excluding carboxylic acids is 1. The number of primary amides is 1. The average Bonchev–Trinajstić information content (AvgIpc) is 3.23. The molecular formula is C11H15N6O5P. The molecule has 0 bridgehead atoms. The van der Waals surface area contributed by atoms with E-state index in [4.69, 9.17) is 15.0 Å². The molecule has 3 rings (SSSR count). The average molecular weight is 342 g/mol. The maximum atomic E-state index is 12.0. The summed E-state index contributed by atoms with van der Waals surface area (Å²) in [6, 6.07) is 0. The van der Waals surface area contributed by atoms with E-state index < -0.39 is 19.9 Å². The van der Waals surface area contributed by atoms with E-state index in [1.54, 1.807) is 0 Å². The van der Waals surface area contributed by atoms with Crippen molar-refractivity contribution in [2.75, 3.05) is 6.61 Å². The molecule has 1 saturated heterocycles. The second-order valence-corrected chi connectivity index (χ2v) is 6.63. The topological polar surface area (TPSA) is 147 Å². The fraction of sp³-hybridized carbons (Fsp3) is 0.455. The molecular weight excluding hydrogens is 327 g/mol. The van der Waals surface area contributed by atoms with Crippen LogP contribution in [0.1, 0.15) is 29.7 Å². The van der Waals surface area contributed by atoms with E-state index in [9.17, 15) is 14.3 Å². The molecule has 0 saturated carbocycles. The van der Waals surface area contributed by atoms with E-state index in [0.717, 1.165) is 4.34 Å². The quantitative estimate of drug-likeness (QED) is 0.692. The van der Waals surface area contributed by atoms with Crippen LogP contribution in [0.3, 0.4) is 0 Å². The predicted octanol–water partition coefficient (Wildman–Crippen LogP) is -0.0836. The van der Waals surface area contributed by atoms with Gasteiger partial charge in [0.2, 0.25) is 5.82 Å². The smallest absolute Gasteiger partial charge is 0.363 e. The lowest BCUT2D eigenvalue weighted by Crippen LogP contribution is -2.18. The van der Waals surface area contributed by atoms with Crippen LogP contribution < -0.4 is 5.73 Å². The van der Waals surface area contributed by atoms with Gasteiger partial charge in [-0.3, -0.25) is 9.32 Å². The molecule has 1 aliphatic heterocycles. The number of amides is 1. The number of nitrogens with zero attached hydrogens (tertiary/aromatic N) is 5. The highest BCUT2D eigenvalue weighted by atomic mass is 31.2. The van der Waals surface area contributed by atoms with Crippen LogP contribution in [0.15, 0.2) is 25.0 Å². The van der Waals surface area contributed by atoms with Crippen LogP contribution in [0.2, 0.25) is 0 Å². The van der Waals surface area contributed by atoms with Gasteiger partial charge in [0.1, 0.15) is 12.7 Å². The minimum atomic E-state index is -3.97. The van der Waals surface area contributed by atoms with E-state index in [0.29, 0.717) is 12.8 Å². The molecule has 3 heterocycles.